The van der Waals surface area contributed by atoms with Gasteiger partial charge < -0.3 is 33.2 Å². The highest BCUT2D eigenvalue weighted by atomic mass is 16.7. The van der Waals surface area contributed by atoms with Gasteiger partial charge in [-0.3, -0.25) is 0 Å². The van der Waals surface area contributed by atoms with Crippen LogP contribution in [0, 0.1) is 0 Å². The van der Waals surface area contributed by atoms with Gasteiger partial charge >= 0.3 is 0 Å². The molecule has 0 aliphatic heterocycles. The molecule has 0 saturated carbocycles. The zero-order chi connectivity index (χ0) is 47.5. The summed E-state index contributed by atoms with van der Waals surface area (Å²) >= 11 is 0. The Morgan fingerprint density at radius 2 is 0.538 bits per heavy atom. The van der Waals surface area contributed by atoms with E-state index in [1.165, 1.54) is 167 Å². The van der Waals surface area contributed by atoms with E-state index in [-0.39, 0.29) is 25.8 Å². The van der Waals surface area contributed by atoms with Crippen molar-refractivity contribution in [3.05, 3.63) is 23.0 Å². The minimum Gasteiger partial charge on any atom is -0.494 e. The molecule has 388 valence electrons. The normalized spacial score (nSPS) is 13.4. The average Bonchev–Trinajstić information content (AvgIpc) is 3.31. The predicted octanol–water partition coefficient (Wildman–Crippen LogP) is 19.2. The Morgan fingerprint density at radius 1 is 0.277 bits per heavy atom. The van der Waals surface area contributed by atoms with Gasteiger partial charge in [-0.25, -0.2) is 0 Å². The Labute approximate surface area is 406 Å². The smallest absolute Gasteiger partial charge is 0.162 e. The Morgan fingerprint density at radius 3 is 0.831 bits per heavy atom. The molecule has 0 amide bonds. The molecular weight excluding hydrogens is 809 g/mol. The lowest BCUT2D eigenvalue weighted by atomic mass is 10.1. The Hall–Kier alpha value is -1.44. The highest BCUT2D eigenvalue weighted by Gasteiger charge is 2.25. The number of hydrogen-bond acceptors (Lipinski definition) is 7. The Balaban J connectivity index is 6.31. The predicted molar refractivity (Wildman–Crippen MR) is 279 cm³/mol. The summed E-state index contributed by atoms with van der Waals surface area (Å²) in [5.41, 5.74) is 0. The monoisotopic (exact) mass is 923 g/mol. The van der Waals surface area contributed by atoms with Crippen molar-refractivity contribution < 1.29 is 33.2 Å². The molecule has 0 aromatic heterocycles. The number of allylic oxidation sites excluding steroid dienone is 2. The molecule has 0 spiro atoms. The zero-order valence-electron chi connectivity index (χ0n) is 45.1. The molecule has 2 unspecified atom stereocenters. The van der Waals surface area contributed by atoms with Gasteiger partial charge in [0.1, 0.15) is 23.7 Å². The molecule has 7 heteroatoms. The van der Waals surface area contributed by atoms with Gasteiger partial charge in [0.2, 0.25) is 0 Å². The van der Waals surface area contributed by atoms with Gasteiger partial charge in [0.25, 0.3) is 0 Å². The third-order valence-corrected chi connectivity index (χ3v) is 12.5. The van der Waals surface area contributed by atoms with Gasteiger partial charge in [0.05, 0.1) is 26.4 Å². The summed E-state index contributed by atoms with van der Waals surface area (Å²) in [5.74, 6) is 3.78. The highest BCUT2D eigenvalue weighted by molar-refractivity contribution is 5.09. The number of ether oxygens (including phenoxy) is 7. The minimum absolute atomic E-state index is 0.135. The fourth-order valence-corrected chi connectivity index (χ4v) is 8.37. The van der Waals surface area contributed by atoms with Crippen LogP contribution >= 0.6 is 0 Å². The van der Waals surface area contributed by atoms with E-state index in [0.29, 0.717) is 13.2 Å². The average molecular weight is 924 g/mol. The number of rotatable bonds is 54. The summed E-state index contributed by atoms with van der Waals surface area (Å²) in [6.45, 7) is 21.3. The van der Waals surface area contributed by atoms with E-state index in [1.54, 1.807) is 0 Å². The van der Waals surface area contributed by atoms with E-state index in [2.05, 4.69) is 55.4 Å². The van der Waals surface area contributed by atoms with Gasteiger partial charge in [-0.1, -0.05) is 235 Å². The van der Waals surface area contributed by atoms with Crippen LogP contribution in [0.25, 0.3) is 0 Å². The molecule has 2 atom stereocenters. The maximum Gasteiger partial charge on any atom is 0.162 e. The highest BCUT2D eigenvalue weighted by Crippen LogP contribution is 2.28. The van der Waals surface area contributed by atoms with Crippen LogP contribution in [0.4, 0.5) is 0 Å². The second-order valence-electron chi connectivity index (χ2n) is 19.0. The maximum absolute atomic E-state index is 6.78. The molecule has 0 N–H and O–H groups in total. The molecular formula is C58H114O7. The van der Waals surface area contributed by atoms with E-state index in [9.17, 15) is 0 Å². The molecule has 0 fully saturated rings. The largest absolute Gasteiger partial charge is 0.494 e. The molecule has 0 heterocycles. The van der Waals surface area contributed by atoms with Crippen molar-refractivity contribution in [2.75, 3.05) is 40.0 Å². The first-order valence-electron chi connectivity index (χ1n) is 28.9. The standard InChI is InChI=1S/C58H114O7/c1-9-17-23-29-33-39-47-60-53(43-15-7)57(62-49-41-35-31-25-19-11-3)55(45-37-27-21-13-5)64-51-59-52-65-56(46-38-28-22-14-6)58(63-50-42-36-32-26-20-12-4)54(44-16-8)61-48-40-34-30-24-18-10-2/h55-56H,9-52H2,1-8H3. The van der Waals surface area contributed by atoms with Gasteiger partial charge in [-0.2, -0.15) is 0 Å². The first-order valence-corrected chi connectivity index (χ1v) is 28.9. The van der Waals surface area contributed by atoms with E-state index in [4.69, 9.17) is 33.2 Å². The van der Waals surface area contributed by atoms with Crippen LogP contribution in [0.15, 0.2) is 23.0 Å². The van der Waals surface area contributed by atoms with Crippen molar-refractivity contribution in [3.8, 4) is 0 Å². The summed E-state index contributed by atoms with van der Waals surface area (Å²) in [4.78, 5) is 0. The summed E-state index contributed by atoms with van der Waals surface area (Å²) in [7, 11) is 0. The fourth-order valence-electron chi connectivity index (χ4n) is 8.37. The molecule has 0 aromatic carbocycles. The van der Waals surface area contributed by atoms with Crippen LogP contribution in [-0.2, 0) is 33.2 Å². The number of unbranched alkanes of at least 4 members (excludes halogenated alkanes) is 26. The van der Waals surface area contributed by atoms with Gasteiger partial charge in [-0.15, -0.1) is 0 Å². The van der Waals surface area contributed by atoms with E-state index >= 15 is 0 Å². The van der Waals surface area contributed by atoms with Crippen LogP contribution < -0.4 is 0 Å². The third kappa shape index (κ3) is 39.1. The van der Waals surface area contributed by atoms with E-state index in [0.717, 1.165) is 113 Å². The molecule has 7 nitrogen and oxygen atoms in total. The fraction of sp³-hybridized carbons (Fsp3) is 0.931. The molecule has 0 aliphatic rings. The zero-order valence-corrected chi connectivity index (χ0v) is 45.1. The van der Waals surface area contributed by atoms with Crippen molar-refractivity contribution in [2.45, 2.75) is 312 Å². The van der Waals surface area contributed by atoms with Gasteiger partial charge in [0.15, 0.2) is 25.1 Å². The van der Waals surface area contributed by atoms with Gasteiger partial charge in [-0.05, 0) is 51.4 Å². The lowest BCUT2D eigenvalue weighted by Gasteiger charge is -2.26. The molecule has 0 bridgehead atoms. The third-order valence-electron chi connectivity index (χ3n) is 12.5. The summed E-state index contributed by atoms with van der Waals surface area (Å²) in [6, 6.07) is 0. The molecule has 0 aliphatic carbocycles. The number of hydrogen-bond donors (Lipinski definition) is 0. The first kappa shape index (κ1) is 63.6. The Kier molecular flexibility index (Phi) is 50.8. The van der Waals surface area contributed by atoms with Crippen molar-refractivity contribution in [1.82, 2.24) is 0 Å². The Bertz CT molecular complexity index is 934. The summed E-state index contributed by atoms with van der Waals surface area (Å²) in [6.07, 6.45) is 44.2. The summed E-state index contributed by atoms with van der Waals surface area (Å²) in [5, 5.41) is 0. The maximum atomic E-state index is 6.78. The van der Waals surface area contributed by atoms with Crippen molar-refractivity contribution in [2.24, 2.45) is 0 Å². The molecule has 0 radical (unpaired) electrons. The molecule has 0 saturated heterocycles. The first-order chi connectivity index (χ1) is 32.1. The molecule has 0 rings (SSSR count). The quantitative estimate of drug-likeness (QED) is 0.0342. The SMILES string of the molecule is CCCCCCCCOC(CCC)=C(OCCCCCCCC)C(CCCCCC)OCOCOC(CCCCCC)C(OCCCCCCCC)=C(CCC)OCCCCCCCC. The van der Waals surface area contributed by atoms with Crippen molar-refractivity contribution in [1.29, 1.82) is 0 Å². The van der Waals surface area contributed by atoms with E-state index < -0.39 is 0 Å². The second kappa shape index (κ2) is 51.9. The lowest BCUT2D eigenvalue weighted by molar-refractivity contribution is -0.167. The minimum atomic E-state index is -0.217. The van der Waals surface area contributed by atoms with Gasteiger partial charge in [0, 0.05) is 12.8 Å². The van der Waals surface area contributed by atoms with E-state index in [1.807, 2.05) is 0 Å². The topological polar surface area (TPSA) is 64.6 Å². The van der Waals surface area contributed by atoms with Crippen LogP contribution in [-0.4, -0.2) is 52.2 Å². The van der Waals surface area contributed by atoms with Crippen LogP contribution in [0.5, 0.6) is 0 Å². The van der Waals surface area contributed by atoms with Crippen LogP contribution in [0.3, 0.4) is 0 Å². The lowest BCUT2D eigenvalue weighted by Crippen LogP contribution is -2.25. The van der Waals surface area contributed by atoms with Crippen molar-refractivity contribution >= 4 is 0 Å². The summed E-state index contributed by atoms with van der Waals surface area (Å²) < 4.78 is 46.6. The van der Waals surface area contributed by atoms with Crippen LogP contribution in [0.1, 0.15) is 299 Å². The molecule has 0 aromatic rings. The second-order valence-corrected chi connectivity index (χ2v) is 19.0. The molecule has 65 heavy (non-hydrogen) atoms. The van der Waals surface area contributed by atoms with Crippen LogP contribution in [0.2, 0.25) is 0 Å². The van der Waals surface area contributed by atoms with Crippen molar-refractivity contribution in [3.63, 3.8) is 0 Å².